The largest absolute Gasteiger partial charge is 0.455 e. The summed E-state index contributed by atoms with van der Waals surface area (Å²) in [6, 6.07) is 47.7. The van der Waals surface area contributed by atoms with E-state index in [1.165, 1.54) is 60.5 Å². The number of furan rings is 1. The second-order valence-electron chi connectivity index (χ2n) is 17.4. The monoisotopic (exact) mass is 731 g/mol. The summed E-state index contributed by atoms with van der Waals surface area (Å²) in [6.07, 6.45) is 2.57. The zero-order valence-electron chi connectivity index (χ0n) is 32.6. The topological polar surface area (TPSA) is 25.8 Å². The van der Waals surface area contributed by atoms with Crippen LogP contribution in [-0.4, -0.2) is 12.6 Å². The van der Waals surface area contributed by atoms with Crippen LogP contribution in [0.15, 0.2) is 138 Å². The van der Waals surface area contributed by atoms with Gasteiger partial charge in [0.1, 0.15) is 16.8 Å². The Bertz CT molecular complexity index is 3100. The summed E-state index contributed by atoms with van der Waals surface area (Å²) in [5, 5.41) is 6.26. The lowest BCUT2D eigenvalue weighted by molar-refractivity contribution is -0.944. The molecule has 0 N–H and O–H groups in total. The van der Waals surface area contributed by atoms with Crippen LogP contribution >= 0.6 is 0 Å². The molecular weight excluding hydrogens is 687 g/mol. The second kappa shape index (κ2) is 11.1. The Balaban J connectivity index is 1.40. The SMILES string of the molecule is CC(C)c1ccc2c(c1)C1(c3ccc4c(oc5ccccc54)c3-c3n(-c4ccc5ccccc5c4)c4ccccc4[n+]31)[n+]1cc([Si](C)(C)C)c(C(C)C)cc1-2. The first-order valence-corrected chi connectivity index (χ1v) is 23.3. The molecule has 0 fully saturated rings. The minimum Gasteiger partial charge on any atom is -0.455 e. The van der Waals surface area contributed by atoms with E-state index in [0.29, 0.717) is 11.8 Å². The number of imidazole rings is 1. The maximum absolute atomic E-state index is 7.05. The standard InChI is InChI=1S/C50H45N3OSi/c1-30(2)33-21-23-38-41(27-33)50(51-29-46(55(5,6)7)39(31(3)4)28-44(38)51)40-25-24-37-36-16-10-13-19-45(36)54-48(37)47(40)49-52(42-17-11-12-18-43(42)53(49)50)35-22-20-32-14-8-9-15-34(32)26-35/h8-31H,1-7H3/q+2. The minimum absolute atomic E-state index is 0.377. The van der Waals surface area contributed by atoms with E-state index >= 15 is 0 Å². The molecule has 11 rings (SSSR count). The van der Waals surface area contributed by atoms with Gasteiger partial charge < -0.3 is 4.42 Å². The molecule has 0 amide bonds. The van der Waals surface area contributed by atoms with E-state index in [0.717, 1.165) is 39.0 Å². The third-order valence-corrected chi connectivity index (χ3v) is 14.5. The molecule has 0 bridgehead atoms. The molecule has 4 nitrogen and oxygen atoms in total. The molecule has 6 aromatic carbocycles. The van der Waals surface area contributed by atoms with Crippen LogP contribution in [0.5, 0.6) is 0 Å². The first-order valence-electron chi connectivity index (χ1n) is 19.8. The van der Waals surface area contributed by atoms with Crippen LogP contribution in [0, 0.1) is 0 Å². The molecule has 1 spiro atoms. The quantitative estimate of drug-likeness (QED) is 0.131. The molecule has 5 heterocycles. The lowest BCUT2D eigenvalue weighted by atomic mass is 9.86. The number of fused-ring (bicyclic) bond motifs is 17. The van der Waals surface area contributed by atoms with Gasteiger partial charge in [0, 0.05) is 22.0 Å². The highest BCUT2D eigenvalue weighted by Gasteiger charge is 2.67. The summed E-state index contributed by atoms with van der Waals surface area (Å²) in [5.74, 6) is 1.92. The predicted octanol–water partition coefficient (Wildman–Crippen LogP) is 11.3. The fourth-order valence-electron chi connectivity index (χ4n) is 9.93. The molecule has 0 aliphatic carbocycles. The lowest BCUT2D eigenvalue weighted by Crippen LogP contribution is -2.72. The summed E-state index contributed by atoms with van der Waals surface area (Å²) in [7, 11) is -1.81. The van der Waals surface area contributed by atoms with Gasteiger partial charge in [0.2, 0.25) is 5.69 Å². The Labute approximate surface area is 322 Å². The van der Waals surface area contributed by atoms with Crippen molar-refractivity contribution in [1.82, 2.24) is 4.57 Å². The van der Waals surface area contributed by atoms with Gasteiger partial charge in [0.15, 0.2) is 22.8 Å². The third kappa shape index (κ3) is 4.22. The maximum atomic E-state index is 7.05. The lowest BCUT2D eigenvalue weighted by Gasteiger charge is -2.25. The highest BCUT2D eigenvalue weighted by Crippen LogP contribution is 2.53. The van der Waals surface area contributed by atoms with Crippen molar-refractivity contribution in [3.05, 3.63) is 156 Å². The maximum Gasteiger partial charge on any atom is 0.364 e. The van der Waals surface area contributed by atoms with Crippen LogP contribution in [0.25, 0.3) is 72.1 Å². The molecule has 1 unspecified atom stereocenters. The average molecular weight is 732 g/mol. The molecule has 268 valence electrons. The smallest absolute Gasteiger partial charge is 0.364 e. The van der Waals surface area contributed by atoms with Crippen LogP contribution in [0.1, 0.15) is 61.8 Å². The summed E-state index contributed by atoms with van der Waals surface area (Å²) in [4.78, 5) is 0. The van der Waals surface area contributed by atoms with E-state index in [9.17, 15) is 0 Å². The Morgan fingerprint density at radius 1 is 0.673 bits per heavy atom. The van der Waals surface area contributed by atoms with Gasteiger partial charge in [-0.25, -0.2) is 0 Å². The zero-order valence-corrected chi connectivity index (χ0v) is 33.6. The van der Waals surface area contributed by atoms with Crippen LogP contribution in [0.2, 0.25) is 19.6 Å². The molecule has 5 heteroatoms. The Hall–Kier alpha value is -5.78. The number of nitrogens with zero attached hydrogens (tertiary/aromatic N) is 3. The van der Waals surface area contributed by atoms with Gasteiger partial charge in [-0.1, -0.05) is 114 Å². The summed E-state index contributed by atoms with van der Waals surface area (Å²) >= 11 is 0. The van der Waals surface area contributed by atoms with Crippen LogP contribution < -0.4 is 14.3 Å². The number of benzene rings is 6. The summed E-state index contributed by atoms with van der Waals surface area (Å²) in [6.45, 7) is 16.8. The summed E-state index contributed by atoms with van der Waals surface area (Å²) in [5.41, 5.74) is 13.8. The number of hydrogen-bond donors (Lipinski definition) is 0. The van der Waals surface area contributed by atoms with Crippen molar-refractivity contribution in [2.24, 2.45) is 0 Å². The Kier molecular flexibility index (Phi) is 6.61. The fraction of sp³-hybridized carbons (Fsp3) is 0.200. The molecule has 55 heavy (non-hydrogen) atoms. The van der Waals surface area contributed by atoms with Crippen molar-refractivity contribution >= 4 is 57.0 Å². The van der Waals surface area contributed by atoms with Crippen LogP contribution in [0.3, 0.4) is 0 Å². The molecule has 0 saturated heterocycles. The molecule has 2 aliphatic heterocycles. The van der Waals surface area contributed by atoms with Gasteiger partial charge in [0.05, 0.1) is 24.8 Å². The Morgan fingerprint density at radius 3 is 2.24 bits per heavy atom. The van der Waals surface area contributed by atoms with Gasteiger partial charge in [-0.15, -0.1) is 9.13 Å². The second-order valence-corrected chi connectivity index (χ2v) is 22.5. The van der Waals surface area contributed by atoms with Crippen molar-refractivity contribution < 1.29 is 13.6 Å². The van der Waals surface area contributed by atoms with Gasteiger partial charge in [-0.2, -0.15) is 4.57 Å². The molecule has 9 aromatic rings. The minimum atomic E-state index is -1.81. The third-order valence-electron chi connectivity index (χ3n) is 12.5. The molecule has 0 saturated carbocycles. The number of rotatable bonds is 4. The average Bonchev–Trinajstić information content (AvgIpc) is 3.89. The Morgan fingerprint density at radius 2 is 1.44 bits per heavy atom. The molecule has 3 aromatic heterocycles. The van der Waals surface area contributed by atoms with Crippen molar-refractivity contribution in [3.8, 4) is 28.3 Å². The van der Waals surface area contributed by atoms with Crippen molar-refractivity contribution in [3.63, 3.8) is 0 Å². The molecular formula is C50H45N3OSi+2. The highest BCUT2D eigenvalue weighted by molar-refractivity contribution is 6.89. The van der Waals surface area contributed by atoms with Crippen molar-refractivity contribution in [1.29, 1.82) is 0 Å². The number of pyridine rings is 1. The van der Waals surface area contributed by atoms with Gasteiger partial charge >= 0.3 is 11.5 Å². The number of aromatic nitrogens is 3. The van der Waals surface area contributed by atoms with E-state index < -0.39 is 13.7 Å². The van der Waals surface area contributed by atoms with Crippen LogP contribution in [-0.2, 0) is 5.66 Å². The van der Waals surface area contributed by atoms with Crippen LogP contribution in [0.4, 0.5) is 0 Å². The summed E-state index contributed by atoms with van der Waals surface area (Å²) < 4.78 is 14.9. The highest BCUT2D eigenvalue weighted by atomic mass is 28.3. The molecule has 2 aliphatic rings. The van der Waals surface area contributed by atoms with Crippen molar-refractivity contribution in [2.75, 3.05) is 0 Å². The number of hydrogen-bond acceptors (Lipinski definition) is 1. The van der Waals surface area contributed by atoms with E-state index in [4.69, 9.17) is 4.42 Å². The first kappa shape index (κ1) is 32.6. The normalized spacial score (nSPS) is 15.9. The van der Waals surface area contributed by atoms with Gasteiger partial charge in [-0.05, 0) is 88.3 Å². The number of para-hydroxylation sites is 3. The van der Waals surface area contributed by atoms with E-state index in [1.807, 2.05) is 0 Å². The fourth-order valence-corrected chi connectivity index (χ4v) is 11.7. The van der Waals surface area contributed by atoms with Crippen molar-refractivity contribution in [2.45, 2.75) is 64.8 Å². The predicted molar refractivity (Wildman–Crippen MR) is 228 cm³/mol. The first-order chi connectivity index (χ1) is 26.6. The van der Waals surface area contributed by atoms with Gasteiger partial charge in [0.25, 0.3) is 0 Å². The van der Waals surface area contributed by atoms with Gasteiger partial charge in [-0.3, -0.25) is 0 Å². The van der Waals surface area contributed by atoms with E-state index in [-0.39, 0.29) is 0 Å². The molecule has 1 atom stereocenters. The molecule has 0 radical (unpaired) electrons. The van der Waals surface area contributed by atoms with E-state index in [1.54, 1.807) is 0 Å². The zero-order chi connectivity index (χ0) is 37.5. The van der Waals surface area contributed by atoms with E-state index in [2.05, 4.69) is 195 Å².